The smallest absolute Gasteiger partial charge is 0.264 e. The maximum absolute atomic E-state index is 13.9. The number of hydrogen-bond donors (Lipinski definition) is 0. The lowest BCUT2D eigenvalue weighted by atomic mass is 10.2. The lowest BCUT2D eigenvalue weighted by molar-refractivity contribution is -0.105. The Bertz CT molecular complexity index is 1300. The van der Waals surface area contributed by atoms with Gasteiger partial charge in [0.1, 0.15) is 23.9 Å². The Hall–Kier alpha value is -3.27. The molecule has 0 saturated carbocycles. The van der Waals surface area contributed by atoms with Crippen molar-refractivity contribution in [3.05, 3.63) is 78.4 Å². The molecule has 1 unspecified atom stereocenters. The van der Waals surface area contributed by atoms with E-state index in [0.717, 1.165) is 50.2 Å². The second-order valence-electron chi connectivity index (χ2n) is 10.1. The summed E-state index contributed by atoms with van der Waals surface area (Å²) in [4.78, 5) is 2.59. The number of nitrogens with zero attached hydrogens (tertiary/aromatic N) is 2. The molecule has 0 aromatic heterocycles. The maximum Gasteiger partial charge on any atom is 0.264 e. The van der Waals surface area contributed by atoms with Crippen LogP contribution in [-0.4, -0.2) is 59.6 Å². The summed E-state index contributed by atoms with van der Waals surface area (Å²) in [6.45, 7) is 4.62. The molecule has 0 radical (unpaired) electrons. The molecule has 3 aromatic rings. The predicted molar refractivity (Wildman–Crippen MR) is 155 cm³/mol. The van der Waals surface area contributed by atoms with Gasteiger partial charge in [-0.2, -0.15) is 0 Å². The summed E-state index contributed by atoms with van der Waals surface area (Å²) in [5, 5.41) is 0. The van der Waals surface area contributed by atoms with E-state index in [1.165, 1.54) is 17.1 Å². The third-order valence-electron chi connectivity index (χ3n) is 7.30. The van der Waals surface area contributed by atoms with E-state index < -0.39 is 10.0 Å². The first-order valence-corrected chi connectivity index (χ1v) is 15.4. The van der Waals surface area contributed by atoms with E-state index in [4.69, 9.17) is 18.9 Å². The fourth-order valence-corrected chi connectivity index (χ4v) is 6.45. The van der Waals surface area contributed by atoms with E-state index in [1.807, 2.05) is 36.4 Å². The number of ether oxygens (including phenoxy) is 4. The molecule has 40 heavy (non-hydrogen) atoms. The minimum Gasteiger partial charge on any atom is -0.497 e. The standard InChI is InChI=1S/C31H38N2O6S/c1-36-27-15-17-30(18-16-27)40(34,35)33(24-25-7-11-29(12-8-25)39-31-6-2-5-22-38-31)26-9-13-28(14-10-26)37-23-21-32-19-3-4-20-32/h7-18,31H,2-6,19-24H2,1H3. The van der Waals surface area contributed by atoms with Crippen LogP contribution in [0, 0.1) is 0 Å². The van der Waals surface area contributed by atoms with Crippen LogP contribution in [0.5, 0.6) is 17.2 Å². The summed E-state index contributed by atoms with van der Waals surface area (Å²) in [7, 11) is -2.32. The fourth-order valence-electron chi connectivity index (χ4n) is 4.99. The first-order chi connectivity index (χ1) is 19.5. The zero-order valence-corrected chi connectivity index (χ0v) is 23.9. The van der Waals surface area contributed by atoms with Crippen molar-refractivity contribution in [2.24, 2.45) is 0 Å². The molecule has 2 heterocycles. The largest absolute Gasteiger partial charge is 0.497 e. The third kappa shape index (κ3) is 7.27. The summed E-state index contributed by atoms with van der Waals surface area (Å²) in [5.74, 6) is 2.02. The topological polar surface area (TPSA) is 77.5 Å². The number of rotatable bonds is 12. The van der Waals surface area contributed by atoms with Crippen molar-refractivity contribution >= 4 is 15.7 Å². The highest BCUT2D eigenvalue weighted by molar-refractivity contribution is 7.92. The van der Waals surface area contributed by atoms with Gasteiger partial charge in [-0.15, -0.1) is 0 Å². The van der Waals surface area contributed by atoms with Gasteiger partial charge < -0.3 is 18.9 Å². The van der Waals surface area contributed by atoms with E-state index in [9.17, 15) is 8.42 Å². The van der Waals surface area contributed by atoms with E-state index in [2.05, 4.69) is 4.90 Å². The molecule has 0 spiro atoms. The molecule has 0 bridgehead atoms. The van der Waals surface area contributed by atoms with Crippen LogP contribution in [0.15, 0.2) is 77.7 Å². The Morgan fingerprint density at radius 1 is 0.850 bits per heavy atom. The van der Waals surface area contributed by atoms with E-state index in [-0.39, 0.29) is 17.7 Å². The van der Waals surface area contributed by atoms with Gasteiger partial charge in [-0.25, -0.2) is 8.42 Å². The SMILES string of the molecule is COc1ccc(S(=O)(=O)N(Cc2ccc(OC3CCCCO3)cc2)c2ccc(OCCN3CCCC3)cc2)cc1. The lowest BCUT2D eigenvalue weighted by Crippen LogP contribution is -2.30. The van der Waals surface area contributed by atoms with Crippen LogP contribution < -0.4 is 18.5 Å². The third-order valence-corrected chi connectivity index (χ3v) is 9.09. The Morgan fingerprint density at radius 3 is 2.17 bits per heavy atom. The van der Waals surface area contributed by atoms with Crippen molar-refractivity contribution in [3.8, 4) is 17.2 Å². The van der Waals surface area contributed by atoms with Crippen LogP contribution in [0.4, 0.5) is 5.69 Å². The average Bonchev–Trinajstić information content (AvgIpc) is 3.51. The Labute approximate surface area is 237 Å². The lowest BCUT2D eigenvalue weighted by Gasteiger charge is -2.26. The summed E-state index contributed by atoms with van der Waals surface area (Å²) < 4.78 is 52.0. The van der Waals surface area contributed by atoms with Crippen molar-refractivity contribution in [1.29, 1.82) is 0 Å². The first-order valence-electron chi connectivity index (χ1n) is 14.0. The van der Waals surface area contributed by atoms with Gasteiger partial charge in [-0.05, 0) is 105 Å². The second-order valence-corrected chi connectivity index (χ2v) is 12.0. The predicted octanol–water partition coefficient (Wildman–Crippen LogP) is 5.47. The van der Waals surface area contributed by atoms with Gasteiger partial charge in [0.2, 0.25) is 0 Å². The number of likely N-dealkylation sites (tertiary alicyclic amines) is 1. The van der Waals surface area contributed by atoms with Gasteiger partial charge in [0.05, 0.1) is 30.8 Å². The highest BCUT2D eigenvalue weighted by atomic mass is 32.2. The van der Waals surface area contributed by atoms with Crippen LogP contribution >= 0.6 is 0 Å². The quantitative estimate of drug-likeness (QED) is 0.288. The molecule has 0 N–H and O–H groups in total. The average molecular weight is 567 g/mol. The Morgan fingerprint density at radius 2 is 1.52 bits per heavy atom. The van der Waals surface area contributed by atoms with E-state index in [0.29, 0.717) is 30.4 Å². The normalized spacial score (nSPS) is 17.9. The highest BCUT2D eigenvalue weighted by Crippen LogP contribution is 2.29. The molecule has 2 aliphatic heterocycles. The molecule has 0 aliphatic carbocycles. The minimum atomic E-state index is -3.87. The van der Waals surface area contributed by atoms with Crippen molar-refractivity contribution < 1.29 is 27.4 Å². The Balaban J connectivity index is 1.33. The van der Waals surface area contributed by atoms with Gasteiger partial charge >= 0.3 is 0 Å². The fraction of sp³-hybridized carbons (Fsp3) is 0.419. The summed E-state index contributed by atoms with van der Waals surface area (Å²) in [6, 6.07) is 21.2. The minimum absolute atomic E-state index is 0.156. The molecule has 2 saturated heterocycles. The van der Waals surface area contributed by atoms with Gasteiger partial charge in [0, 0.05) is 13.0 Å². The first kappa shape index (κ1) is 28.3. The molecule has 9 heteroatoms. The summed E-state index contributed by atoms with van der Waals surface area (Å²) in [6.07, 6.45) is 5.28. The summed E-state index contributed by atoms with van der Waals surface area (Å²) in [5.41, 5.74) is 1.39. The zero-order valence-electron chi connectivity index (χ0n) is 23.0. The highest BCUT2D eigenvalue weighted by Gasteiger charge is 2.26. The van der Waals surface area contributed by atoms with Crippen LogP contribution in [0.3, 0.4) is 0 Å². The number of methoxy groups -OCH3 is 1. The molecular formula is C31H38N2O6S. The molecule has 2 fully saturated rings. The number of anilines is 1. The molecule has 5 rings (SSSR count). The second kappa shape index (κ2) is 13.4. The zero-order chi connectivity index (χ0) is 27.8. The maximum atomic E-state index is 13.9. The molecule has 2 aliphatic rings. The molecule has 1 atom stereocenters. The van der Waals surface area contributed by atoms with Crippen molar-refractivity contribution in [2.75, 3.05) is 44.3 Å². The Kier molecular flexibility index (Phi) is 9.46. The van der Waals surface area contributed by atoms with Crippen molar-refractivity contribution in [3.63, 3.8) is 0 Å². The molecule has 0 amide bonds. The van der Waals surface area contributed by atoms with Gasteiger partial charge in [-0.3, -0.25) is 9.21 Å². The summed E-state index contributed by atoms with van der Waals surface area (Å²) >= 11 is 0. The van der Waals surface area contributed by atoms with Crippen LogP contribution in [0.25, 0.3) is 0 Å². The van der Waals surface area contributed by atoms with E-state index in [1.54, 1.807) is 43.5 Å². The van der Waals surface area contributed by atoms with Crippen LogP contribution in [0.1, 0.15) is 37.7 Å². The van der Waals surface area contributed by atoms with Crippen LogP contribution in [0.2, 0.25) is 0 Å². The molecule has 3 aromatic carbocycles. The molecule has 214 valence electrons. The van der Waals surface area contributed by atoms with Crippen molar-refractivity contribution in [1.82, 2.24) is 4.90 Å². The van der Waals surface area contributed by atoms with E-state index >= 15 is 0 Å². The van der Waals surface area contributed by atoms with Gasteiger partial charge in [-0.1, -0.05) is 12.1 Å². The number of sulfonamides is 1. The van der Waals surface area contributed by atoms with Gasteiger partial charge in [0.25, 0.3) is 10.0 Å². The molecule has 8 nitrogen and oxygen atoms in total. The number of benzene rings is 3. The van der Waals surface area contributed by atoms with Gasteiger partial charge in [0.15, 0.2) is 6.29 Å². The molecular weight excluding hydrogens is 528 g/mol. The van der Waals surface area contributed by atoms with Crippen molar-refractivity contribution in [2.45, 2.75) is 49.8 Å². The number of hydrogen-bond acceptors (Lipinski definition) is 7. The van der Waals surface area contributed by atoms with Crippen LogP contribution in [-0.2, 0) is 21.3 Å². The monoisotopic (exact) mass is 566 g/mol.